The van der Waals surface area contributed by atoms with Gasteiger partial charge in [-0.1, -0.05) is 6.07 Å². The van der Waals surface area contributed by atoms with E-state index in [1.165, 1.54) is 12.1 Å². The van der Waals surface area contributed by atoms with Crippen molar-refractivity contribution < 1.29 is 9.13 Å². The maximum Gasteiger partial charge on any atom is 0.138 e. The van der Waals surface area contributed by atoms with Gasteiger partial charge in [0.05, 0.1) is 11.2 Å². The molecule has 0 aliphatic rings. The van der Waals surface area contributed by atoms with Crippen molar-refractivity contribution in [1.29, 1.82) is 0 Å². The molecule has 0 spiro atoms. The van der Waals surface area contributed by atoms with E-state index in [0.717, 1.165) is 5.39 Å². The maximum absolute atomic E-state index is 12.8. The smallest absolute Gasteiger partial charge is 0.138 e. The molecule has 0 radical (unpaired) electrons. The Morgan fingerprint density at radius 2 is 1.79 bits per heavy atom. The highest BCUT2D eigenvalue weighted by molar-refractivity contribution is 5.93. The first kappa shape index (κ1) is 11.5. The van der Waals surface area contributed by atoms with Crippen LogP contribution in [0.3, 0.4) is 0 Å². The van der Waals surface area contributed by atoms with Crippen LogP contribution >= 0.6 is 0 Å². The van der Waals surface area contributed by atoms with Gasteiger partial charge in [0.15, 0.2) is 0 Å². The Morgan fingerprint density at radius 3 is 2.58 bits per heavy atom. The lowest BCUT2D eigenvalue weighted by atomic mass is 10.2. The Bertz CT molecular complexity index is 726. The number of nitrogens with two attached hydrogens (primary N) is 1. The predicted molar refractivity (Wildman–Crippen MR) is 72.6 cm³/mol. The Labute approximate surface area is 109 Å². The van der Waals surface area contributed by atoms with Crippen LogP contribution in [0.1, 0.15) is 0 Å². The van der Waals surface area contributed by atoms with E-state index >= 15 is 0 Å². The summed E-state index contributed by atoms with van der Waals surface area (Å²) in [6.45, 7) is 0. The minimum Gasteiger partial charge on any atom is -0.457 e. The lowest BCUT2D eigenvalue weighted by Crippen LogP contribution is -1.92. The summed E-state index contributed by atoms with van der Waals surface area (Å²) in [5.74, 6) is 0.913. The molecule has 94 valence electrons. The van der Waals surface area contributed by atoms with E-state index in [-0.39, 0.29) is 5.82 Å². The molecule has 1 aromatic heterocycles. The third-order valence-corrected chi connectivity index (χ3v) is 2.80. The number of pyridine rings is 1. The van der Waals surface area contributed by atoms with Gasteiger partial charge in [0, 0.05) is 11.6 Å². The second-order valence-corrected chi connectivity index (χ2v) is 4.11. The normalized spacial score (nSPS) is 10.6. The van der Waals surface area contributed by atoms with Gasteiger partial charge in [-0.15, -0.1) is 0 Å². The molecule has 0 unspecified atom stereocenters. The second kappa shape index (κ2) is 4.57. The molecule has 0 saturated carbocycles. The SMILES string of the molecule is Nc1cccc2c(Oc3ccc(F)cc3)ccnc12. The largest absolute Gasteiger partial charge is 0.457 e. The Hall–Kier alpha value is -2.62. The van der Waals surface area contributed by atoms with E-state index in [0.29, 0.717) is 22.7 Å². The fourth-order valence-electron chi connectivity index (χ4n) is 1.89. The van der Waals surface area contributed by atoms with Crippen molar-refractivity contribution in [3.8, 4) is 11.5 Å². The number of benzene rings is 2. The van der Waals surface area contributed by atoms with E-state index in [1.807, 2.05) is 12.1 Å². The number of hydrogen-bond donors (Lipinski definition) is 1. The molecule has 0 saturated heterocycles. The van der Waals surface area contributed by atoms with E-state index in [4.69, 9.17) is 10.5 Å². The van der Waals surface area contributed by atoms with Gasteiger partial charge < -0.3 is 10.5 Å². The minimum absolute atomic E-state index is 0.295. The third-order valence-electron chi connectivity index (χ3n) is 2.80. The first-order valence-corrected chi connectivity index (χ1v) is 5.81. The number of para-hydroxylation sites is 1. The number of rotatable bonds is 2. The van der Waals surface area contributed by atoms with E-state index in [9.17, 15) is 4.39 Å². The van der Waals surface area contributed by atoms with Crippen LogP contribution in [0.2, 0.25) is 0 Å². The number of nitrogen functional groups attached to an aromatic ring is 1. The summed E-state index contributed by atoms with van der Waals surface area (Å²) in [5, 5.41) is 0.826. The van der Waals surface area contributed by atoms with Crippen molar-refractivity contribution in [2.24, 2.45) is 0 Å². The average Bonchev–Trinajstić information content (AvgIpc) is 2.43. The van der Waals surface area contributed by atoms with Gasteiger partial charge in [-0.05, 0) is 42.5 Å². The van der Waals surface area contributed by atoms with E-state index in [2.05, 4.69) is 4.98 Å². The van der Waals surface area contributed by atoms with Crippen LogP contribution in [0.5, 0.6) is 11.5 Å². The van der Waals surface area contributed by atoms with Gasteiger partial charge in [-0.2, -0.15) is 0 Å². The van der Waals surface area contributed by atoms with Gasteiger partial charge in [0.25, 0.3) is 0 Å². The van der Waals surface area contributed by atoms with Gasteiger partial charge >= 0.3 is 0 Å². The molecule has 19 heavy (non-hydrogen) atoms. The van der Waals surface area contributed by atoms with E-state index in [1.54, 1.807) is 30.5 Å². The molecule has 4 heteroatoms. The lowest BCUT2D eigenvalue weighted by Gasteiger charge is -2.09. The number of halogens is 1. The molecule has 1 heterocycles. The molecule has 2 N–H and O–H groups in total. The van der Waals surface area contributed by atoms with Crippen LogP contribution in [-0.2, 0) is 0 Å². The molecule has 0 fully saturated rings. The number of anilines is 1. The quantitative estimate of drug-likeness (QED) is 0.708. The molecule has 3 aromatic rings. The highest BCUT2D eigenvalue weighted by Gasteiger charge is 2.06. The van der Waals surface area contributed by atoms with Gasteiger partial charge in [-0.25, -0.2) is 4.39 Å². The first-order chi connectivity index (χ1) is 9.24. The van der Waals surface area contributed by atoms with Crippen molar-refractivity contribution >= 4 is 16.6 Å². The highest BCUT2D eigenvalue weighted by atomic mass is 19.1. The first-order valence-electron chi connectivity index (χ1n) is 5.81. The van der Waals surface area contributed by atoms with Crippen LogP contribution in [0, 0.1) is 5.82 Å². The zero-order chi connectivity index (χ0) is 13.2. The second-order valence-electron chi connectivity index (χ2n) is 4.11. The summed E-state index contributed by atoms with van der Waals surface area (Å²) >= 11 is 0. The fourth-order valence-corrected chi connectivity index (χ4v) is 1.89. The Balaban J connectivity index is 2.06. The number of hydrogen-bond acceptors (Lipinski definition) is 3. The molecule has 3 rings (SSSR count). The summed E-state index contributed by atoms with van der Waals surface area (Å²) in [7, 11) is 0. The standard InChI is InChI=1S/C15H11FN2O/c16-10-4-6-11(7-5-10)19-14-8-9-18-15-12(14)2-1-3-13(15)17/h1-9H,17H2. The summed E-state index contributed by atoms with van der Waals surface area (Å²) in [6.07, 6.45) is 1.64. The molecule has 0 bridgehead atoms. The van der Waals surface area contributed by atoms with Crippen molar-refractivity contribution in [3.63, 3.8) is 0 Å². The predicted octanol–water partition coefficient (Wildman–Crippen LogP) is 3.75. The van der Waals surface area contributed by atoms with Crippen LogP contribution in [0.4, 0.5) is 10.1 Å². The van der Waals surface area contributed by atoms with Crippen molar-refractivity contribution in [3.05, 3.63) is 60.5 Å². The number of ether oxygens (including phenoxy) is 1. The van der Waals surface area contributed by atoms with Crippen LogP contribution < -0.4 is 10.5 Å². The van der Waals surface area contributed by atoms with Gasteiger partial charge in [-0.3, -0.25) is 4.98 Å². The molecule has 0 amide bonds. The summed E-state index contributed by atoms with van der Waals surface area (Å²) in [5.41, 5.74) is 7.17. The summed E-state index contributed by atoms with van der Waals surface area (Å²) in [4.78, 5) is 4.23. The van der Waals surface area contributed by atoms with Gasteiger partial charge in [0.1, 0.15) is 17.3 Å². The number of fused-ring (bicyclic) bond motifs is 1. The fraction of sp³-hybridized carbons (Fsp3) is 0. The molecular formula is C15H11FN2O. The Morgan fingerprint density at radius 1 is 1.00 bits per heavy atom. The zero-order valence-electron chi connectivity index (χ0n) is 10.0. The molecule has 2 aromatic carbocycles. The molecule has 0 aliphatic carbocycles. The van der Waals surface area contributed by atoms with Crippen molar-refractivity contribution in [2.45, 2.75) is 0 Å². The average molecular weight is 254 g/mol. The Kier molecular flexibility index (Phi) is 2.76. The number of aromatic nitrogens is 1. The zero-order valence-corrected chi connectivity index (χ0v) is 10.0. The molecule has 0 aliphatic heterocycles. The lowest BCUT2D eigenvalue weighted by molar-refractivity contribution is 0.485. The summed E-state index contributed by atoms with van der Waals surface area (Å²) in [6, 6.07) is 13.1. The third kappa shape index (κ3) is 2.20. The molecular weight excluding hydrogens is 243 g/mol. The van der Waals surface area contributed by atoms with E-state index < -0.39 is 0 Å². The minimum atomic E-state index is -0.295. The summed E-state index contributed by atoms with van der Waals surface area (Å²) < 4.78 is 18.6. The van der Waals surface area contributed by atoms with Crippen LogP contribution in [0.15, 0.2) is 54.7 Å². The van der Waals surface area contributed by atoms with Gasteiger partial charge in [0.2, 0.25) is 0 Å². The highest BCUT2D eigenvalue weighted by Crippen LogP contribution is 2.30. The van der Waals surface area contributed by atoms with Crippen molar-refractivity contribution in [2.75, 3.05) is 5.73 Å². The maximum atomic E-state index is 12.8. The molecule has 3 nitrogen and oxygen atoms in total. The van der Waals surface area contributed by atoms with Crippen LogP contribution in [-0.4, -0.2) is 4.98 Å². The van der Waals surface area contributed by atoms with Crippen LogP contribution in [0.25, 0.3) is 10.9 Å². The monoisotopic (exact) mass is 254 g/mol. The topological polar surface area (TPSA) is 48.1 Å². The number of nitrogens with zero attached hydrogens (tertiary/aromatic N) is 1. The molecule has 0 atom stereocenters. The van der Waals surface area contributed by atoms with Crippen molar-refractivity contribution in [1.82, 2.24) is 4.98 Å².